The molecule has 0 N–H and O–H groups in total. The van der Waals surface area contributed by atoms with E-state index < -0.39 is 6.17 Å². The van der Waals surface area contributed by atoms with Gasteiger partial charge in [-0.15, -0.1) is 0 Å². The van der Waals surface area contributed by atoms with E-state index >= 15 is 0 Å². The number of aromatic nitrogens is 1. The molecular formula is C13H21FN2. The maximum absolute atomic E-state index is 12.8. The highest BCUT2D eigenvalue weighted by Crippen LogP contribution is 2.12. The Morgan fingerprint density at radius 2 is 2.00 bits per heavy atom. The molecule has 0 spiro atoms. The van der Waals surface area contributed by atoms with Gasteiger partial charge in [0.25, 0.3) is 0 Å². The van der Waals surface area contributed by atoms with Crippen molar-refractivity contribution in [1.29, 1.82) is 0 Å². The van der Waals surface area contributed by atoms with Crippen LogP contribution < -0.4 is 0 Å². The molecule has 0 fully saturated rings. The number of hydrogen-bond acceptors (Lipinski definition) is 2. The van der Waals surface area contributed by atoms with Crippen LogP contribution in [-0.2, 0) is 6.54 Å². The van der Waals surface area contributed by atoms with Crippen molar-refractivity contribution in [1.82, 2.24) is 9.88 Å². The molecule has 0 saturated heterocycles. The summed E-state index contributed by atoms with van der Waals surface area (Å²) in [5.41, 5.74) is 2.11. The van der Waals surface area contributed by atoms with Crippen molar-refractivity contribution in [3.05, 3.63) is 29.6 Å². The minimum atomic E-state index is -0.793. The van der Waals surface area contributed by atoms with Crippen molar-refractivity contribution in [3.8, 4) is 0 Å². The van der Waals surface area contributed by atoms with Crippen LogP contribution in [0.3, 0.4) is 0 Å². The lowest BCUT2D eigenvalue weighted by atomic mass is 10.1. The van der Waals surface area contributed by atoms with Gasteiger partial charge in [0.05, 0.1) is 5.69 Å². The third-order valence-electron chi connectivity index (χ3n) is 2.42. The van der Waals surface area contributed by atoms with Crippen LogP contribution in [0.5, 0.6) is 0 Å². The summed E-state index contributed by atoms with van der Waals surface area (Å²) in [6, 6.07) is 6.04. The highest BCUT2D eigenvalue weighted by molar-refractivity contribution is 5.13. The van der Waals surface area contributed by atoms with E-state index in [4.69, 9.17) is 0 Å². The van der Waals surface area contributed by atoms with E-state index in [1.807, 2.05) is 30.1 Å². The molecule has 0 amide bonds. The Kier molecular flexibility index (Phi) is 4.87. The summed E-state index contributed by atoms with van der Waals surface area (Å²) in [7, 11) is 1.92. The van der Waals surface area contributed by atoms with Gasteiger partial charge >= 0.3 is 0 Å². The molecule has 1 aromatic rings. The van der Waals surface area contributed by atoms with Gasteiger partial charge in [-0.2, -0.15) is 0 Å². The fraction of sp³-hybridized carbons (Fsp3) is 0.615. The Balaban J connectivity index is 2.63. The maximum atomic E-state index is 12.8. The van der Waals surface area contributed by atoms with Crippen LogP contribution in [-0.4, -0.2) is 29.6 Å². The first-order chi connectivity index (χ1) is 7.49. The summed E-state index contributed by atoms with van der Waals surface area (Å²) in [4.78, 5) is 6.51. The molecule has 0 aliphatic carbocycles. The highest BCUT2D eigenvalue weighted by Gasteiger charge is 2.07. The molecule has 1 unspecified atom stereocenters. The quantitative estimate of drug-likeness (QED) is 0.764. The molecule has 0 aliphatic heterocycles. The Hall–Kier alpha value is -0.960. The Morgan fingerprint density at radius 1 is 1.31 bits per heavy atom. The molecule has 1 atom stereocenters. The standard InChI is InChI=1S/C13H21FN2/c1-10(2)13-7-5-6-12(15-13)9-16(4)8-11(3)14/h5-7,10-11H,8-9H2,1-4H3. The number of hydrogen-bond donors (Lipinski definition) is 0. The molecule has 3 heteroatoms. The second-order valence-electron chi connectivity index (χ2n) is 4.69. The van der Waals surface area contributed by atoms with E-state index in [2.05, 4.69) is 18.8 Å². The zero-order valence-electron chi connectivity index (χ0n) is 10.6. The number of alkyl halides is 1. The van der Waals surface area contributed by atoms with Crippen LogP contribution in [0, 0.1) is 0 Å². The van der Waals surface area contributed by atoms with Gasteiger partial charge in [0, 0.05) is 18.8 Å². The molecule has 0 saturated carbocycles. The minimum absolute atomic E-state index is 0.436. The highest BCUT2D eigenvalue weighted by atomic mass is 19.1. The monoisotopic (exact) mass is 224 g/mol. The zero-order valence-corrected chi connectivity index (χ0v) is 10.6. The second-order valence-corrected chi connectivity index (χ2v) is 4.69. The number of nitrogens with zero attached hydrogens (tertiary/aromatic N) is 2. The van der Waals surface area contributed by atoms with Gasteiger partial charge in [-0.1, -0.05) is 19.9 Å². The lowest BCUT2D eigenvalue weighted by molar-refractivity contribution is 0.227. The van der Waals surface area contributed by atoms with Crippen molar-refractivity contribution in [3.63, 3.8) is 0 Å². The number of halogens is 1. The molecule has 1 aromatic heterocycles. The van der Waals surface area contributed by atoms with Gasteiger partial charge in [0.1, 0.15) is 6.17 Å². The topological polar surface area (TPSA) is 16.1 Å². The molecule has 0 bridgehead atoms. The van der Waals surface area contributed by atoms with Crippen molar-refractivity contribution in [2.24, 2.45) is 0 Å². The predicted molar refractivity (Wildman–Crippen MR) is 65.2 cm³/mol. The van der Waals surface area contributed by atoms with E-state index in [0.717, 1.165) is 11.4 Å². The molecule has 90 valence electrons. The van der Waals surface area contributed by atoms with Crippen LogP contribution in [0.2, 0.25) is 0 Å². The van der Waals surface area contributed by atoms with Crippen molar-refractivity contribution < 1.29 is 4.39 Å². The number of rotatable bonds is 5. The SMILES string of the molecule is CC(F)CN(C)Cc1cccc(C(C)C)n1. The summed E-state index contributed by atoms with van der Waals surface area (Å²) >= 11 is 0. The molecule has 0 radical (unpaired) electrons. The first-order valence-electron chi connectivity index (χ1n) is 5.77. The van der Waals surface area contributed by atoms with E-state index in [9.17, 15) is 4.39 Å². The molecule has 2 nitrogen and oxygen atoms in total. The fourth-order valence-electron chi connectivity index (χ4n) is 1.68. The first kappa shape index (κ1) is 13.1. The second kappa shape index (κ2) is 5.94. The average molecular weight is 224 g/mol. The predicted octanol–water partition coefficient (Wildman–Crippen LogP) is 2.99. The molecule has 1 rings (SSSR count). The number of pyridine rings is 1. The average Bonchev–Trinajstić information content (AvgIpc) is 2.16. The maximum Gasteiger partial charge on any atom is 0.110 e. The smallest absolute Gasteiger partial charge is 0.110 e. The minimum Gasteiger partial charge on any atom is -0.298 e. The molecule has 0 aliphatic rings. The normalized spacial score (nSPS) is 13.4. The van der Waals surface area contributed by atoms with E-state index in [1.54, 1.807) is 6.92 Å². The summed E-state index contributed by atoms with van der Waals surface area (Å²) in [5.74, 6) is 0.436. The third-order valence-corrected chi connectivity index (χ3v) is 2.42. The molecule has 0 aromatic carbocycles. The van der Waals surface area contributed by atoms with Gasteiger partial charge < -0.3 is 0 Å². The Labute approximate surface area is 97.5 Å². The third kappa shape index (κ3) is 4.27. The summed E-state index contributed by atoms with van der Waals surface area (Å²) < 4.78 is 12.8. The van der Waals surface area contributed by atoms with Crippen LogP contribution >= 0.6 is 0 Å². The molecular weight excluding hydrogens is 203 g/mol. The van der Waals surface area contributed by atoms with Gasteiger partial charge in [-0.05, 0) is 32.0 Å². The van der Waals surface area contributed by atoms with Crippen LogP contribution in [0.1, 0.15) is 38.1 Å². The summed E-state index contributed by atoms with van der Waals surface area (Å²) in [6.07, 6.45) is -0.793. The van der Waals surface area contributed by atoms with E-state index in [1.165, 1.54) is 0 Å². The van der Waals surface area contributed by atoms with Gasteiger partial charge in [-0.25, -0.2) is 4.39 Å². The molecule has 16 heavy (non-hydrogen) atoms. The van der Waals surface area contributed by atoms with Crippen molar-refractivity contribution in [2.75, 3.05) is 13.6 Å². The summed E-state index contributed by atoms with van der Waals surface area (Å²) in [6.45, 7) is 6.98. The molecule has 1 heterocycles. The summed E-state index contributed by atoms with van der Waals surface area (Å²) in [5, 5.41) is 0. The zero-order chi connectivity index (χ0) is 12.1. The van der Waals surface area contributed by atoms with Crippen LogP contribution in [0.4, 0.5) is 4.39 Å². The Bertz CT molecular complexity index is 323. The largest absolute Gasteiger partial charge is 0.298 e. The van der Waals surface area contributed by atoms with Gasteiger partial charge in [-0.3, -0.25) is 9.88 Å². The van der Waals surface area contributed by atoms with Crippen LogP contribution in [0.15, 0.2) is 18.2 Å². The van der Waals surface area contributed by atoms with Gasteiger partial charge in [0.15, 0.2) is 0 Å². The van der Waals surface area contributed by atoms with Crippen molar-refractivity contribution in [2.45, 2.75) is 39.4 Å². The van der Waals surface area contributed by atoms with Gasteiger partial charge in [0.2, 0.25) is 0 Å². The lowest BCUT2D eigenvalue weighted by Gasteiger charge is -2.17. The lowest BCUT2D eigenvalue weighted by Crippen LogP contribution is -2.25. The van der Waals surface area contributed by atoms with E-state index in [0.29, 0.717) is 19.0 Å². The fourth-order valence-corrected chi connectivity index (χ4v) is 1.68. The van der Waals surface area contributed by atoms with E-state index in [-0.39, 0.29) is 0 Å². The first-order valence-corrected chi connectivity index (χ1v) is 5.77. The Morgan fingerprint density at radius 3 is 2.56 bits per heavy atom. The van der Waals surface area contributed by atoms with Crippen LogP contribution in [0.25, 0.3) is 0 Å². The van der Waals surface area contributed by atoms with Crippen molar-refractivity contribution >= 4 is 0 Å².